The first kappa shape index (κ1) is 16.0. The summed E-state index contributed by atoms with van der Waals surface area (Å²) in [5, 5.41) is 9.03. The smallest absolute Gasteiger partial charge is 0.335 e. The van der Waals surface area contributed by atoms with Gasteiger partial charge in [0.2, 0.25) is 0 Å². The molecule has 0 aliphatic carbocycles. The summed E-state index contributed by atoms with van der Waals surface area (Å²) in [5.41, 5.74) is 2.54. The summed E-state index contributed by atoms with van der Waals surface area (Å²) in [7, 11) is -2.90. The van der Waals surface area contributed by atoms with E-state index in [-0.39, 0.29) is 11.5 Å². The quantitative estimate of drug-likeness (QED) is 0.863. The average molecular weight is 311 g/mol. The van der Waals surface area contributed by atoms with Crippen molar-refractivity contribution in [2.24, 2.45) is 0 Å². The first-order chi connectivity index (χ1) is 9.91. The molecule has 1 heterocycles. The minimum Gasteiger partial charge on any atom is -0.478 e. The lowest BCUT2D eigenvalue weighted by Gasteiger charge is -2.28. The molecule has 0 saturated heterocycles. The fourth-order valence-electron chi connectivity index (χ4n) is 2.59. The number of fused-ring (bicyclic) bond motifs is 1. The van der Waals surface area contributed by atoms with E-state index in [2.05, 4.69) is 4.90 Å². The summed E-state index contributed by atoms with van der Waals surface area (Å²) in [6.07, 6.45) is 1.51. The van der Waals surface area contributed by atoms with E-state index in [1.165, 1.54) is 5.56 Å². The molecule has 2 rings (SSSR count). The maximum absolute atomic E-state index is 11.5. The molecule has 1 aromatic carbocycles. The predicted octanol–water partition coefficient (Wildman–Crippen LogP) is 1.57. The van der Waals surface area contributed by atoms with Crippen molar-refractivity contribution in [2.45, 2.75) is 26.3 Å². The van der Waals surface area contributed by atoms with Gasteiger partial charge in [-0.3, -0.25) is 4.90 Å². The van der Waals surface area contributed by atoms with E-state index in [0.29, 0.717) is 18.5 Å². The average Bonchev–Trinajstić information content (AvgIpc) is 2.46. The van der Waals surface area contributed by atoms with Crippen LogP contribution in [-0.4, -0.2) is 49.0 Å². The highest BCUT2D eigenvalue weighted by Gasteiger charge is 2.18. The van der Waals surface area contributed by atoms with E-state index in [4.69, 9.17) is 5.11 Å². The lowest BCUT2D eigenvalue weighted by molar-refractivity contribution is 0.0696. The summed E-state index contributed by atoms with van der Waals surface area (Å²) < 4.78 is 23.0. The number of hydrogen-bond acceptors (Lipinski definition) is 4. The van der Waals surface area contributed by atoms with E-state index in [0.717, 1.165) is 25.1 Å². The van der Waals surface area contributed by atoms with Crippen molar-refractivity contribution in [1.29, 1.82) is 0 Å². The molecule has 0 saturated carbocycles. The van der Waals surface area contributed by atoms with Crippen molar-refractivity contribution >= 4 is 15.8 Å². The molecule has 1 aliphatic heterocycles. The van der Waals surface area contributed by atoms with Gasteiger partial charge in [0.25, 0.3) is 0 Å². The summed E-state index contributed by atoms with van der Waals surface area (Å²) >= 11 is 0. The number of carboxylic acids is 1. The summed E-state index contributed by atoms with van der Waals surface area (Å²) in [6, 6.07) is 5.26. The lowest BCUT2D eigenvalue weighted by atomic mass is 9.97. The third kappa shape index (κ3) is 4.28. The van der Waals surface area contributed by atoms with Crippen LogP contribution in [0, 0.1) is 0 Å². The molecule has 0 spiro atoms. The van der Waals surface area contributed by atoms with Crippen LogP contribution in [0.2, 0.25) is 0 Å². The number of carboxylic acid groups (broad SMARTS) is 1. The van der Waals surface area contributed by atoms with Crippen molar-refractivity contribution in [3.8, 4) is 0 Å². The zero-order valence-corrected chi connectivity index (χ0v) is 13.0. The standard InChI is InChI=1S/C15H21NO4S/c1-2-21(19,20)9-3-7-16-8-6-12-4-5-13(15(17)18)10-14(12)11-16/h4-5,10H,2-3,6-9,11H2,1H3,(H,17,18). The fourth-order valence-corrected chi connectivity index (χ4v) is 3.45. The van der Waals surface area contributed by atoms with Gasteiger partial charge in [-0.15, -0.1) is 0 Å². The minimum atomic E-state index is -2.90. The Morgan fingerprint density at radius 2 is 2.10 bits per heavy atom. The van der Waals surface area contributed by atoms with Crippen LogP contribution in [0.15, 0.2) is 18.2 Å². The van der Waals surface area contributed by atoms with Crippen molar-refractivity contribution in [3.05, 3.63) is 34.9 Å². The van der Waals surface area contributed by atoms with Gasteiger partial charge >= 0.3 is 5.97 Å². The maximum Gasteiger partial charge on any atom is 0.335 e. The van der Waals surface area contributed by atoms with Crippen molar-refractivity contribution in [1.82, 2.24) is 4.90 Å². The molecule has 0 radical (unpaired) electrons. The normalized spacial score (nSPS) is 15.7. The van der Waals surface area contributed by atoms with Crippen LogP contribution >= 0.6 is 0 Å². The molecule has 0 unspecified atom stereocenters. The third-order valence-corrected chi connectivity index (χ3v) is 5.70. The van der Waals surface area contributed by atoms with E-state index in [1.807, 2.05) is 6.07 Å². The Hall–Kier alpha value is -1.40. The highest BCUT2D eigenvalue weighted by molar-refractivity contribution is 7.91. The molecule has 0 fully saturated rings. The lowest BCUT2D eigenvalue weighted by Crippen LogP contribution is -2.32. The molecule has 0 atom stereocenters. The second-order valence-corrected chi connectivity index (χ2v) is 7.88. The Labute approximate surface area is 125 Å². The second-order valence-electron chi connectivity index (χ2n) is 5.40. The Morgan fingerprint density at radius 1 is 1.33 bits per heavy atom. The SMILES string of the molecule is CCS(=O)(=O)CCCN1CCc2ccc(C(=O)O)cc2C1. The molecular formula is C15H21NO4S. The largest absolute Gasteiger partial charge is 0.478 e. The minimum absolute atomic E-state index is 0.192. The van der Waals surface area contributed by atoms with Crippen LogP contribution in [0.25, 0.3) is 0 Å². The molecular weight excluding hydrogens is 290 g/mol. The molecule has 1 aromatic rings. The third-order valence-electron chi connectivity index (χ3n) is 3.91. The van der Waals surface area contributed by atoms with E-state index in [1.54, 1.807) is 19.1 Å². The Balaban J connectivity index is 1.95. The van der Waals surface area contributed by atoms with Crippen LogP contribution in [0.5, 0.6) is 0 Å². The number of hydrogen-bond donors (Lipinski definition) is 1. The topological polar surface area (TPSA) is 74.7 Å². The molecule has 1 N–H and O–H groups in total. The first-order valence-corrected chi connectivity index (χ1v) is 9.01. The summed E-state index contributed by atoms with van der Waals surface area (Å²) in [5.74, 6) is -0.497. The molecule has 5 nitrogen and oxygen atoms in total. The molecule has 21 heavy (non-hydrogen) atoms. The predicted molar refractivity (Wildman–Crippen MR) is 81.3 cm³/mol. The van der Waals surface area contributed by atoms with Gasteiger partial charge in [0.1, 0.15) is 9.84 Å². The number of rotatable bonds is 6. The van der Waals surface area contributed by atoms with Crippen molar-refractivity contribution < 1.29 is 18.3 Å². The van der Waals surface area contributed by atoms with Gasteiger partial charge in [-0.05, 0) is 42.6 Å². The molecule has 1 aliphatic rings. The number of sulfone groups is 1. The maximum atomic E-state index is 11.5. The molecule has 0 aromatic heterocycles. The number of nitrogens with zero attached hydrogens (tertiary/aromatic N) is 1. The molecule has 6 heteroatoms. The van der Waals surface area contributed by atoms with Gasteiger partial charge in [-0.1, -0.05) is 13.0 Å². The van der Waals surface area contributed by atoms with Gasteiger partial charge < -0.3 is 5.11 Å². The second kappa shape index (κ2) is 6.58. The zero-order valence-electron chi connectivity index (χ0n) is 12.2. The highest BCUT2D eigenvalue weighted by Crippen LogP contribution is 2.20. The first-order valence-electron chi connectivity index (χ1n) is 7.19. The Kier molecular flexibility index (Phi) is 5.00. The van der Waals surface area contributed by atoms with Crippen LogP contribution in [-0.2, 0) is 22.8 Å². The summed E-state index contributed by atoms with van der Waals surface area (Å²) in [4.78, 5) is 13.2. The van der Waals surface area contributed by atoms with E-state index in [9.17, 15) is 13.2 Å². The van der Waals surface area contributed by atoms with Gasteiger partial charge in [-0.2, -0.15) is 0 Å². The number of carbonyl (C=O) groups is 1. The van der Waals surface area contributed by atoms with Crippen molar-refractivity contribution in [3.63, 3.8) is 0 Å². The van der Waals surface area contributed by atoms with Crippen LogP contribution < -0.4 is 0 Å². The zero-order chi connectivity index (χ0) is 15.5. The summed E-state index contributed by atoms with van der Waals surface area (Å²) in [6.45, 7) is 3.99. The Morgan fingerprint density at radius 3 is 2.76 bits per heavy atom. The Bertz CT molecular complexity index is 625. The monoisotopic (exact) mass is 311 g/mol. The molecule has 0 bridgehead atoms. The molecule has 0 amide bonds. The van der Waals surface area contributed by atoms with E-state index >= 15 is 0 Å². The molecule has 116 valence electrons. The van der Waals surface area contributed by atoms with Crippen LogP contribution in [0.4, 0.5) is 0 Å². The van der Waals surface area contributed by atoms with Gasteiger partial charge in [0, 0.05) is 18.8 Å². The van der Waals surface area contributed by atoms with Crippen molar-refractivity contribution in [2.75, 3.05) is 24.6 Å². The van der Waals surface area contributed by atoms with Gasteiger partial charge in [0.05, 0.1) is 11.3 Å². The van der Waals surface area contributed by atoms with E-state index < -0.39 is 15.8 Å². The van der Waals surface area contributed by atoms with Gasteiger partial charge in [0.15, 0.2) is 0 Å². The number of benzene rings is 1. The fraction of sp³-hybridized carbons (Fsp3) is 0.533. The number of aromatic carboxylic acids is 1. The van der Waals surface area contributed by atoms with Crippen LogP contribution in [0.3, 0.4) is 0 Å². The highest BCUT2D eigenvalue weighted by atomic mass is 32.2. The van der Waals surface area contributed by atoms with Crippen LogP contribution in [0.1, 0.15) is 34.8 Å². The van der Waals surface area contributed by atoms with Gasteiger partial charge in [-0.25, -0.2) is 13.2 Å².